The normalized spacial score (nSPS) is 12.5. The predicted molar refractivity (Wildman–Crippen MR) is 145 cm³/mol. The molecule has 0 aliphatic heterocycles. The van der Waals surface area contributed by atoms with Gasteiger partial charge >= 0.3 is 0 Å². The topological polar surface area (TPSA) is 66.4 Å². The van der Waals surface area contributed by atoms with Crippen LogP contribution in [0.4, 0.5) is 5.82 Å². The van der Waals surface area contributed by atoms with Gasteiger partial charge in [-0.3, -0.25) is 0 Å². The molecule has 1 unspecified atom stereocenters. The Balaban J connectivity index is 1.57. The van der Waals surface area contributed by atoms with Gasteiger partial charge in [-0.05, 0) is 65.3 Å². The maximum absolute atomic E-state index is 5.85. The van der Waals surface area contributed by atoms with Crippen LogP contribution in [0.15, 0.2) is 48.7 Å². The lowest BCUT2D eigenvalue weighted by atomic mass is 10.1. The number of nitrogens with zero attached hydrogens (tertiary/aromatic N) is 5. The lowest BCUT2D eigenvalue weighted by Gasteiger charge is -2.16. The molecule has 8 heteroatoms. The zero-order valence-electron chi connectivity index (χ0n) is 21.4. The van der Waals surface area contributed by atoms with Crippen LogP contribution in [0.1, 0.15) is 29.2 Å². The minimum atomic E-state index is 0.0820. The van der Waals surface area contributed by atoms with E-state index in [1.165, 1.54) is 20.9 Å². The molecule has 0 aliphatic carbocycles. The van der Waals surface area contributed by atoms with Gasteiger partial charge in [-0.15, -0.1) is 11.3 Å². The first kappa shape index (κ1) is 25.0. The smallest absolute Gasteiger partial charge is 0.214 e. The molecule has 0 bridgehead atoms. The van der Waals surface area contributed by atoms with Gasteiger partial charge in [0.25, 0.3) is 0 Å². The molecule has 0 amide bonds. The van der Waals surface area contributed by atoms with Crippen molar-refractivity contribution in [3.05, 3.63) is 64.9 Å². The Morgan fingerprint density at radius 1 is 1.03 bits per heavy atom. The zero-order chi connectivity index (χ0) is 24.9. The number of nitrogens with one attached hydrogen (secondary N) is 1. The van der Waals surface area contributed by atoms with E-state index in [4.69, 9.17) is 9.72 Å². The number of fused-ring (bicyclic) bond motifs is 1. The average molecular weight is 491 g/mol. The van der Waals surface area contributed by atoms with Crippen LogP contribution in [0.25, 0.3) is 21.3 Å². The van der Waals surface area contributed by atoms with Gasteiger partial charge in [-0.2, -0.15) is 0 Å². The summed E-state index contributed by atoms with van der Waals surface area (Å²) in [5, 5.41) is 4.52. The molecular weight excluding hydrogens is 456 g/mol. The number of thiophene rings is 1. The van der Waals surface area contributed by atoms with E-state index in [-0.39, 0.29) is 6.04 Å². The van der Waals surface area contributed by atoms with Gasteiger partial charge in [-0.25, -0.2) is 15.0 Å². The second-order valence-corrected chi connectivity index (χ2v) is 10.4. The molecule has 0 spiro atoms. The number of aromatic nitrogens is 3. The molecule has 4 rings (SSSR count). The van der Waals surface area contributed by atoms with E-state index >= 15 is 0 Å². The van der Waals surface area contributed by atoms with E-state index < -0.39 is 0 Å². The molecule has 4 aromatic rings. The van der Waals surface area contributed by atoms with Crippen LogP contribution in [-0.2, 0) is 6.54 Å². The maximum atomic E-state index is 5.85. The third-order valence-corrected chi connectivity index (χ3v) is 6.93. The molecule has 0 radical (unpaired) electrons. The Labute approximate surface area is 211 Å². The molecule has 1 N–H and O–H groups in total. The second kappa shape index (κ2) is 11.1. The average Bonchev–Trinajstić information content (AvgIpc) is 3.29. The van der Waals surface area contributed by atoms with Crippen molar-refractivity contribution in [3.63, 3.8) is 0 Å². The highest BCUT2D eigenvalue weighted by molar-refractivity contribution is 7.15. The van der Waals surface area contributed by atoms with E-state index in [1.807, 2.05) is 38.4 Å². The highest BCUT2D eigenvalue weighted by atomic mass is 32.1. The van der Waals surface area contributed by atoms with Crippen LogP contribution in [0, 0.1) is 6.92 Å². The number of ether oxygens (including phenoxy) is 1. The molecule has 0 aliphatic rings. The van der Waals surface area contributed by atoms with Gasteiger partial charge in [-0.1, -0.05) is 24.3 Å². The monoisotopic (exact) mass is 490 g/mol. The first-order chi connectivity index (χ1) is 16.8. The SMILES string of the molecule is Cc1nc(NC(C)c2ccc(-c3ccccc3CN(C)C)s2)c2cc(OCCN(C)C)ncc2n1. The number of aryl methyl sites for hydroxylation is 1. The summed E-state index contributed by atoms with van der Waals surface area (Å²) in [6.45, 7) is 6.38. The Morgan fingerprint density at radius 2 is 1.83 bits per heavy atom. The number of hydrogen-bond acceptors (Lipinski definition) is 8. The summed E-state index contributed by atoms with van der Waals surface area (Å²) in [6, 6.07) is 15.1. The minimum Gasteiger partial charge on any atom is -0.476 e. The molecule has 7 nitrogen and oxygen atoms in total. The first-order valence-electron chi connectivity index (χ1n) is 11.8. The fraction of sp³-hybridized carbons (Fsp3) is 0.370. The molecule has 3 aromatic heterocycles. The first-order valence-corrected chi connectivity index (χ1v) is 12.6. The summed E-state index contributed by atoms with van der Waals surface area (Å²) >= 11 is 1.81. The van der Waals surface area contributed by atoms with Gasteiger partial charge in [0.1, 0.15) is 18.2 Å². The van der Waals surface area contributed by atoms with E-state index in [9.17, 15) is 0 Å². The van der Waals surface area contributed by atoms with Crippen molar-refractivity contribution in [2.24, 2.45) is 0 Å². The number of likely N-dealkylation sites (N-methyl/N-ethyl adjacent to an activating group) is 1. The Hall–Kier alpha value is -3.07. The predicted octanol–water partition coefficient (Wildman–Crippen LogP) is 5.24. The maximum Gasteiger partial charge on any atom is 0.214 e. The highest BCUT2D eigenvalue weighted by Gasteiger charge is 2.15. The molecule has 0 fully saturated rings. The fourth-order valence-electron chi connectivity index (χ4n) is 3.90. The number of pyridine rings is 1. The van der Waals surface area contributed by atoms with Gasteiger partial charge < -0.3 is 19.9 Å². The van der Waals surface area contributed by atoms with Crippen LogP contribution < -0.4 is 10.1 Å². The third-order valence-electron chi connectivity index (χ3n) is 5.63. The number of anilines is 1. The van der Waals surface area contributed by atoms with Crippen molar-refractivity contribution >= 4 is 28.1 Å². The summed E-state index contributed by atoms with van der Waals surface area (Å²) in [6.07, 6.45) is 1.76. The van der Waals surface area contributed by atoms with Gasteiger partial charge in [0.2, 0.25) is 5.88 Å². The van der Waals surface area contributed by atoms with Crippen LogP contribution in [0.3, 0.4) is 0 Å². The fourth-order valence-corrected chi connectivity index (χ4v) is 4.97. The quantitative estimate of drug-likeness (QED) is 0.326. The van der Waals surface area contributed by atoms with Crippen LogP contribution in [-0.4, -0.2) is 66.1 Å². The van der Waals surface area contributed by atoms with Gasteiger partial charge in [0.05, 0.1) is 17.8 Å². The summed E-state index contributed by atoms with van der Waals surface area (Å²) in [7, 11) is 8.25. The molecular formula is C27H34N6OS. The van der Waals surface area contributed by atoms with Crippen molar-refractivity contribution in [2.75, 3.05) is 46.7 Å². The lowest BCUT2D eigenvalue weighted by Crippen LogP contribution is -2.19. The largest absolute Gasteiger partial charge is 0.476 e. The molecule has 0 saturated carbocycles. The Morgan fingerprint density at radius 3 is 2.60 bits per heavy atom. The van der Waals surface area contributed by atoms with Crippen LogP contribution in [0.2, 0.25) is 0 Å². The molecule has 3 heterocycles. The number of hydrogen-bond donors (Lipinski definition) is 1. The Bertz CT molecular complexity index is 1290. The molecule has 1 atom stereocenters. The van der Waals surface area contributed by atoms with Gasteiger partial charge in [0, 0.05) is 34.3 Å². The van der Waals surface area contributed by atoms with Crippen molar-refractivity contribution in [1.82, 2.24) is 24.8 Å². The van der Waals surface area contributed by atoms with E-state index in [2.05, 4.69) is 82.5 Å². The Kier molecular flexibility index (Phi) is 7.95. The number of benzene rings is 1. The van der Waals surface area contributed by atoms with Crippen molar-refractivity contribution < 1.29 is 4.74 Å². The van der Waals surface area contributed by atoms with Crippen molar-refractivity contribution in [2.45, 2.75) is 26.4 Å². The van der Waals surface area contributed by atoms with Gasteiger partial charge in [0.15, 0.2) is 0 Å². The summed E-state index contributed by atoms with van der Waals surface area (Å²) in [5.74, 6) is 2.08. The van der Waals surface area contributed by atoms with Crippen molar-refractivity contribution in [3.8, 4) is 16.3 Å². The van der Waals surface area contributed by atoms with E-state index in [1.54, 1.807) is 6.20 Å². The van der Waals surface area contributed by atoms with Crippen LogP contribution in [0.5, 0.6) is 5.88 Å². The number of rotatable bonds is 10. The second-order valence-electron chi connectivity index (χ2n) is 9.27. The van der Waals surface area contributed by atoms with Crippen molar-refractivity contribution in [1.29, 1.82) is 0 Å². The summed E-state index contributed by atoms with van der Waals surface area (Å²) < 4.78 is 5.85. The molecule has 35 heavy (non-hydrogen) atoms. The molecule has 0 saturated heterocycles. The third kappa shape index (κ3) is 6.33. The molecule has 1 aromatic carbocycles. The zero-order valence-corrected chi connectivity index (χ0v) is 22.2. The van der Waals surface area contributed by atoms with E-state index in [0.717, 1.165) is 29.8 Å². The standard InChI is InChI=1S/C27H34N6OS/c1-18(24-11-12-25(35-24)21-10-8-7-9-20(21)17-33(5)6)29-27-22-15-26(34-14-13-32(3)4)28-16-23(22)30-19(2)31-27/h7-12,15-16,18H,13-14,17H2,1-6H3,(H,29,30,31). The van der Waals surface area contributed by atoms with E-state index in [0.29, 0.717) is 18.3 Å². The summed E-state index contributed by atoms with van der Waals surface area (Å²) in [4.78, 5) is 20.5. The minimum absolute atomic E-state index is 0.0820. The molecule has 184 valence electrons. The highest BCUT2D eigenvalue weighted by Crippen LogP contribution is 2.35. The van der Waals surface area contributed by atoms with Crippen LogP contribution >= 0.6 is 11.3 Å². The lowest BCUT2D eigenvalue weighted by molar-refractivity contribution is 0.254. The summed E-state index contributed by atoms with van der Waals surface area (Å²) in [5.41, 5.74) is 3.42.